The Bertz CT molecular complexity index is 317. The smallest absolute Gasteiger partial charge is 0.303 e. The van der Waals surface area contributed by atoms with Crippen LogP contribution in [0.2, 0.25) is 0 Å². The maximum Gasteiger partial charge on any atom is 0.303 e. The van der Waals surface area contributed by atoms with Gasteiger partial charge in [-0.15, -0.1) is 0 Å². The minimum atomic E-state index is -0.269. The summed E-state index contributed by atoms with van der Waals surface area (Å²) in [5.41, 5.74) is 0.991. The van der Waals surface area contributed by atoms with Gasteiger partial charge in [0.05, 0.1) is 6.61 Å². The summed E-state index contributed by atoms with van der Waals surface area (Å²) < 4.78 is 10.3. The topological polar surface area (TPSA) is 38.8 Å². The van der Waals surface area contributed by atoms with Crippen molar-refractivity contribution < 1.29 is 14.3 Å². The Morgan fingerprint density at radius 1 is 1.50 bits per heavy atom. The van der Waals surface area contributed by atoms with E-state index in [0.29, 0.717) is 6.61 Å². The number of carbonyl (C=O) groups excluding carboxylic acids is 1. The number of epoxide rings is 1. The molecule has 0 saturated carbocycles. The van der Waals surface area contributed by atoms with Gasteiger partial charge in [0.1, 0.15) is 6.10 Å². The van der Waals surface area contributed by atoms with Crippen LogP contribution in [0.1, 0.15) is 18.6 Å². The third-order valence-corrected chi connectivity index (χ3v) is 2.12. The van der Waals surface area contributed by atoms with Crippen LogP contribution in [0.15, 0.2) is 30.3 Å². The van der Waals surface area contributed by atoms with Gasteiger partial charge >= 0.3 is 5.97 Å². The highest BCUT2D eigenvalue weighted by Crippen LogP contribution is 2.30. The number of ether oxygens (including phenoxy) is 2. The standard InChI is InChI=1S/C11H12O3/c1-8(12)14-11(10-7-13-10)9-5-3-2-4-6-9/h2-6,10-11H,7H2,1H3. The number of hydrogen-bond donors (Lipinski definition) is 0. The zero-order chi connectivity index (χ0) is 9.97. The maximum absolute atomic E-state index is 10.9. The van der Waals surface area contributed by atoms with Crippen LogP contribution in [0.5, 0.6) is 0 Å². The summed E-state index contributed by atoms with van der Waals surface area (Å²) in [5.74, 6) is -0.269. The molecule has 2 unspecified atom stereocenters. The van der Waals surface area contributed by atoms with E-state index in [0.717, 1.165) is 5.56 Å². The molecule has 0 aromatic heterocycles. The van der Waals surface area contributed by atoms with Crippen LogP contribution in [-0.4, -0.2) is 18.7 Å². The van der Waals surface area contributed by atoms with Crippen molar-refractivity contribution in [2.24, 2.45) is 0 Å². The molecule has 1 saturated heterocycles. The van der Waals surface area contributed by atoms with E-state index in [1.165, 1.54) is 6.92 Å². The Hall–Kier alpha value is -1.35. The first kappa shape index (κ1) is 9.21. The highest BCUT2D eigenvalue weighted by molar-refractivity contribution is 5.66. The third kappa shape index (κ3) is 2.12. The summed E-state index contributed by atoms with van der Waals surface area (Å²) in [6, 6.07) is 9.66. The number of hydrogen-bond acceptors (Lipinski definition) is 3. The molecule has 1 aliphatic heterocycles. The van der Waals surface area contributed by atoms with Crippen LogP contribution in [0.25, 0.3) is 0 Å². The molecule has 0 N–H and O–H groups in total. The SMILES string of the molecule is CC(=O)OC(c1ccccc1)C1CO1. The molecule has 0 spiro atoms. The van der Waals surface area contributed by atoms with Crippen molar-refractivity contribution in [3.05, 3.63) is 35.9 Å². The third-order valence-electron chi connectivity index (χ3n) is 2.12. The Labute approximate surface area is 82.6 Å². The molecule has 74 valence electrons. The van der Waals surface area contributed by atoms with Crippen LogP contribution in [0.4, 0.5) is 0 Å². The summed E-state index contributed by atoms with van der Waals surface area (Å²) in [4.78, 5) is 10.9. The second kappa shape index (κ2) is 3.80. The molecule has 2 atom stereocenters. The molecule has 1 aromatic rings. The Kier molecular flexibility index (Phi) is 2.50. The molecule has 0 bridgehead atoms. The molecule has 3 nitrogen and oxygen atoms in total. The van der Waals surface area contributed by atoms with Crippen molar-refractivity contribution in [1.29, 1.82) is 0 Å². The van der Waals surface area contributed by atoms with E-state index in [2.05, 4.69) is 0 Å². The van der Waals surface area contributed by atoms with E-state index in [1.54, 1.807) is 0 Å². The fourth-order valence-electron chi connectivity index (χ4n) is 1.41. The van der Waals surface area contributed by atoms with Crippen LogP contribution in [0.3, 0.4) is 0 Å². The molecule has 14 heavy (non-hydrogen) atoms. The second-order valence-corrected chi connectivity index (χ2v) is 3.31. The fourth-order valence-corrected chi connectivity index (χ4v) is 1.41. The number of carbonyl (C=O) groups is 1. The van der Waals surface area contributed by atoms with Crippen molar-refractivity contribution in [3.63, 3.8) is 0 Å². The summed E-state index contributed by atoms with van der Waals surface area (Å²) in [6.45, 7) is 2.09. The van der Waals surface area contributed by atoms with E-state index in [1.807, 2.05) is 30.3 Å². The van der Waals surface area contributed by atoms with E-state index in [4.69, 9.17) is 9.47 Å². The van der Waals surface area contributed by atoms with Gasteiger partial charge in [-0.2, -0.15) is 0 Å². The molecular weight excluding hydrogens is 180 g/mol. The van der Waals surface area contributed by atoms with Crippen molar-refractivity contribution in [2.75, 3.05) is 6.61 Å². The van der Waals surface area contributed by atoms with E-state index in [9.17, 15) is 4.79 Å². The summed E-state index contributed by atoms with van der Waals surface area (Å²) in [6.07, 6.45) is -0.199. The first-order valence-electron chi connectivity index (χ1n) is 4.61. The molecule has 2 rings (SSSR count). The van der Waals surface area contributed by atoms with Crippen LogP contribution >= 0.6 is 0 Å². The van der Waals surface area contributed by atoms with E-state index >= 15 is 0 Å². The molecule has 0 aliphatic carbocycles. The van der Waals surface area contributed by atoms with Crippen molar-refractivity contribution in [2.45, 2.75) is 19.1 Å². The van der Waals surface area contributed by atoms with Gasteiger partial charge in [0.25, 0.3) is 0 Å². The van der Waals surface area contributed by atoms with Gasteiger partial charge < -0.3 is 9.47 Å². The predicted molar refractivity (Wildman–Crippen MR) is 50.7 cm³/mol. The van der Waals surface area contributed by atoms with Crippen molar-refractivity contribution >= 4 is 5.97 Å². The van der Waals surface area contributed by atoms with Crippen molar-refractivity contribution in [3.8, 4) is 0 Å². The lowest BCUT2D eigenvalue weighted by atomic mass is 10.1. The highest BCUT2D eigenvalue weighted by atomic mass is 16.6. The largest absolute Gasteiger partial charge is 0.455 e. The van der Waals surface area contributed by atoms with Crippen LogP contribution in [0, 0.1) is 0 Å². The summed E-state index contributed by atoms with van der Waals surface area (Å²) >= 11 is 0. The lowest BCUT2D eigenvalue weighted by Gasteiger charge is -2.14. The molecule has 1 fully saturated rings. The van der Waals surface area contributed by atoms with Crippen LogP contribution in [-0.2, 0) is 14.3 Å². The lowest BCUT2D eigenvalue weighted by Crippen LogP contribution is -2.13. The van der Waals surface area contributed by atoms with Gasteiger partial charge in [0.15, 0.2) is 6.10 Å². The van der Waals surface area contributed by atoms with Gasteiger partial charge in [0.2, 0.25) is 0 Å². The number of esters is 1. The van der Waals surface area contributed by atoms with E-state index in [-0.39, 0.29) is 18.2 Å². The predicted octanol–water partition coefficient (Wildman–Crippen LogP) is 1.69. The van der Waals surface area contributed by atoms with Gasteiger partial charge in [0, 0.05) is 6.92 Å². The lowest BCUT2D eigenvalue weighted by molar-refractivity contribution is -0.147. The number of rotatable bonds is 3. The Balaban J connectivity index is 2.14. The second-order valence-electron chi connectivity index (χ2n) is 3.31. The van der Waals surface area contributed by atoms with Crippen molar-refractivity contribution in [1.82, 2.24) is 0 Å². The molecular formula is C11H12O3. The Morgan fingerprint density at radius 2 is 2.14 bits per heavy atom. The molecule has 0 radical (unpaired) electrons. The average molecular weight is 192 g/mol. The Morgan fingerprint density at radius 3 is 2.64 bits per heavy atom. The maximum atomic E-state index is 10.9. The quantitative estimate of drug-likeness (QED) is 0.540. The van der Waals surface area contributed by atoms with Gasteiger partial charge in [-0.05, 0) is 5.56 Å². The molecule has 1 aliphatic rings. The molecule has 1 heterocycles. The monoisotopic (exact) mass is 192 g/mol. The normalized spacial score (nSPS) is 21.4. The number of benzene rings is 1. The van der Waals surface area contributed by atoms with Gasteiger partial charge in [-0.3, -0.25) is 4.79 Å². The molecule has 3 heteroatoms. The highest BCUT2D eigenvalue weighted by Gasteiger charge is 2.36. The van der Waals surface area contributed by atoms with Gasteiger partial charge in [-0.1, -0.05) is 30.3 Å². The fraction of sp³-hybridized carbons (Fsp3) is 0.364. The first-order chi connectivity index (χ1) is 6.77. The first-order valence-corrected chi connectivity index (χ1v) is 4.61. The summed E-state index contributed by atoms with van der Waals surface area (Å²) in [7, 11) is 0. The van der Waals surface area contributed by atoms with E-state index < -0.39 is 0 Å². The molecule has 0 amide bonds. The molecule has 1 aromatic carbocycles. The zero-order valence-electron chi connectivity index (χ0n) is 7.97. The average Bonchev–Trinajstić information content (AvgIpc) is 2.99. The minimum absolute atomic E-state index is 0.0429. The zero-order valence-corrected chi connectivity index (χ0v) is 7.97. The summed E-state index contributed by atoms with van der Waals surface area (Å²) in [5, 5.41) is 0. The minimum Gasteiger partial charge on any atom is -0.455 e. The van der Waals surface area contributed by atoms with Gasteiger partial charge in [-0.25, -0.2) is 0 Å². The van der Waals surface area contributed by atoms with Crippen LogP contribution < -0.4 is 0 Å².